The number of nitrogens with two attached hydrogens (primary N) is 2. The summed E-state index contributed by atoms with van der Waals surface area (Å²) in [6, 6.07) is 10.1. The second-order valence-electron chi connectivity index (χ2n) is 10.1. The van der Waals surface area contributed by atoms with Gasteiger partial charge in [0, 0.05) is 38.8 Å². The zero-order valence-electron chi connectivity index (χ0n) is 22.2. The van der Waals surface area contributed by atoms with Crippen LogP contribution in [0.2, 0.25) is 0 Å². The van der Waals surface area contributed by atoms with Crippen LogP contribution in [-0.4, -0.2) is 60.6 Å². The third-order valence-electron chi connectivity index (χ3n) is 7.37. The van der Waals surface area contributed by atoms with Crippen molar-refractivity contribution in [1.82, 2.24) is 15.3 Å². The molecule has 1 atom stereocenters. The summed E-state index contributed by atoms with van der Waals surface area (Å²) >= 11 is 0. The maximum Gasteiger partial charge on any atom is 0.451 e. The molecule has 2 aliphatic heterocycles. The van der Waals surface area contributed by atoms with Gasteiger partial charge in [-0.1, -0.05) is 12.1 Å². The number of piperidine rings is 1. The molecule has 2 aliphatic rings. The summed E-state index contributed by atoms with van der Waals surface area (Å²) in [4.78, 5) is 28.3. The van der Waals surface area contributed by atoms with E-state index in [-0.39, 0.29) is 23.5 Å². The first kappa shape index (κ1) is 28.9. The highest BCUT2D eigenvalue weighted by molar-refractivity contribution is 5.85. The van der Waals surface area contributed by atoms with E-state index in [0.717, 1.165) is 24.8 Å². The van der Waals surface area contributed by atoms with E-state index in [1.54, 1.807) is 23.1 Å². The van der Waals surface area contributed by atoms with E-state index in [2.05, 4.69) is 26.3 Å². The Balaban J connectivity index is 1.43. The van der Waals surface area contributed by atoms with Gasteiger partial charge >= 0.3 is 6.18 Å². The second kappa shape index (κ2) is 12.8. The molecule has 5 N–H and O–H groups in total. The van der Waals surface area contributed by atoms with E-state index < -0.39 is 18.0 Å². The molecule has 3 heterocycles. The molecule has 1 amide bonds. The number of nitrogens with zero attached hydrogens (tertiary/aromatic N) is 6. The highest BCUT2D eigenvalue weighted by Crippen LogP contribution is 2.34. The third kappa shape index (κ3) is 7.52. The lowest BCUT2D eigenvalue weighted by Crippen LogP contribution is -2.44. The van der Waals surface area contributed by atoms with Gasteiger partial charge in [-0.3, -0.25) is 9.79 Å². The molecular weight excluding hydrogens is 523 g/mol. The average Bonchev–Trinajstić information content (AvgIpc) is 3.43. The number of nitrogens with one attached hydrogen (secondary N) is 1. The second-order valence-corrected chi connectivity index (χ2v) is 10.1. The number of alkyl halides is 3. The lowest BCUT2D eigenvalue weighted by Gasteiger charge is -2.33. The Morgan fingerprint density at radius 3 is 2.45 bits per heavy atom. The van der Waals surface area contributed by atoms with Crippen LogP contribution in [-0.2, 0) is 17.4 Å². The molecule has 10 nitrogen and oxygen atoms in total. The maximum atomic E-state index is 13.8. The summed E-state index contributed by atoms with van der Waals surface area (Å²) in [5, 5.41) is 11.8. The van der Waals surface area contributed by atoms with Crippen molar-refractivity contribution in [3.05, 3.63) is 47.3 Å². The standard InChI is InChI=1S/C27H34F3N9O/c28-27(29,30)25-36-22(38-14-9-19(10-15-38)8-12-35-26(32)33)16-23(37-25)39-13-1-2-21(39)24(40)34-11-7-18-3-5-20(17-31)6-4-18/h3-6,16,19,21H,1-2,7-15H2,(H,34,40)(H4,32,33,35). The van der Waals surface area contributed by atoms with E-state index in [0.29, 0.717) is 63.5 Å². The van der Waals surface area contributed by atoms with Crippen LogP contribution in [0.15, 0.2) is 35.3 Å². The third-order valence-corrected chi connectivity index (χ3v) is 7.37. The smallest absolute Gasteiger partial charge is 0.370 e. The van der Waals surface area contributed by atoms with Crippen molar-refractivity contribution in [2.24, 2.45) is 22.4 Å². The van der Waals surface area contributed by atoms with E-state index in [1.165, 1.54) is 0 Å². The molecule has 1 unspecified atom stereocenters. The topological polar surface area (TPSA) is 150 Å². The Morgan fingerprint density at radius 1 is 1.10 bits per heavy atom. The van der Waals surface area contributed by atoms with Crippen LogP contribution in [0.3, 0.4) is 0 Å². The van der Waals surface area contributed by atoms with E-state index in [4.69, 9.17) is 16.7 Å². The molecule has 0 radical (unpaired) electrons. The minimum atomic E-state index is -4.72. The number of rotatable bonds is 9. The summed E-state index contributed by atoms with van der Waals surface area (Å²) in [7, 11) is 0. The molecular formula is C27H34F3N9O. The van der Waals surface area contributed by atoms with Gasteiger partial charge in [0.15, 0.2) is 5.96 Å². The first-order valence-electron chi connectivity index (χ1n) is 13.4. The zero-order valence-corrected chi connectivity index (χ0v) is 22.2. The lowest BCUT2D eigenvalue weighted by atomic mass is 9.93. The van der Waals surface area contributed by atoms with Gasteiger partial charge in [-0.15, -0.1) is 0 Å². The van der Waals surface area contributed by atoms with Crippen molar-refractivity contribution < 1.29 is 18.0 Å². The summed E-state index contributed by atoms with van der Waals surface area (Å²) in [6.07, 6.45) is -0.586. The maximum absolute atomic E-state index is 13.8. The molecule has 2 saturated heterocycles. The summed E-state index contributed by atoms with van der Waals surface area (Å²) in [5.74, 6) is -0.712. The number of guanidine groups is 1. The number of halogens is 3. The first-order valence-corrected chi connectivity index (χ1v) is 13.4. The molecule has 0 bridgehead atoms. The van der Waals surface area contributed by atoms with E-state index in [9.17, 15) is 18.0 Å². The number of nitriles is 1. The van der Waals surface area contributed by atoms with Gasteiger partial charge in [0.1, 0.15) is 17.7 Å². The van der Waals surface area contributed by atoms with Gasteiger partial charge in [0.2, 0.25) is 11.7 Å². The Kier molecular flexibility index (Phi) is 9.29. The molecule has 13 heteroatoms. The molecule has 1 aromatic carbocycles. The Hall–Kier alpha value is -4.08. The van der Waals surface area contributed by atoms with Crippen LogP contribution in [0.5, 0.6) is 0 Å². The molecule has 2 aromatic rings. The monoisotopic (exact) mass is 557 g/mol. The molecule has 2 fully saturated rings. The number of anilines is 2. The van der Waals surface area contributed by atoms with Gasteiger partial charge < -0.3 is 26.6 Å². The molecule has 1 aromatic heterocycles. The summed E-state index contributed by atoms with van der Waals surface area (Å²) in [5.41, 5.74) is 12.3. The number of hydrogen-bond acceptors (Lipinski definition) is 7. The Bertz CT molecular complexity index is 1230. The lowest BCUT2D eigenvalue weighted by molar-refractivity contribution is -0.144. The molecule has 4 rings (SSSR count). The predicted molar refractivity (Wildman–Crippen MR) is 146 cm³/mol. The van der Waals surface area contributed by atoms with Crippen LogP contribution in [0, 0.1) is 17.2 Å². The molecule has 214 valence electrons. The minimum absolute atomic E-state index is 0.0471. The fourth-order valence-corrected chi connectivity index (χ4v) is 5.19. The number of aliphatic imine (C=N–C) groups is 1. The number of amides is 1. The van der Waals surface area contributed by atoms with Crippen molar-refractivity contribution in [3.63, 3.8) is 0 Å². The van der Waals surface area contributed by atoms with Crippen molar-refractivity contribution in [3.8, 4) is 6.07 Å². The van der Waals surface area contributed by atoms with Crippen molar-refractivity contribution in [2.75, 3.05) is 42.5 Å². The summed E-state index contributed by atoms with van der Waals surface area (Å²) < 4.78 is 41.4. The fourth-order valence-electron chi connectivity index (χ4n) is 5.19. The number of carbonyl (C=O) groups excluding carboxylic acids is 1. The van der Waals surface area contributed by atoms with Crippen LogP contribution in [0.25, 0.3) is 0 Å². The Morgan fingerprint density at radius 2 is 1.80 bits per heavy atom. The SMILES string of the molecule is N#Cc1ccc(CCNC(=O)C2CCCN2c2cc(N3CCC(CCN=C(N)N)CC3)nc(C(F)(F)F)n2)cc1. The number of carbonyl (C=O) groups is 1. The minimum Gasteiger partial charge on any atom is -0.370 e. The van der Waals surface area contributed by atoms with Crippen LogP contribution >= 0.6 is 0 Å². The summed E-state index contributed by atoms with van der Waals surface area (Å²) in [6.45, 7) is 2.43. The van der Waals surface area contributed by atoms with Crippen LogP contribution in [0.4, 0.5) is 24.8 Å². The molecule has 0 saturated carbocycles. The van der Waals surface area contributed by atoms with Gasteiger partial charge in [-0.05, 0) is 62.1 Å². The number of hydrogen-bond donors (Lipinski definition) is 3. The normalized spacial score (nSPS) is 17.9. The van der Waals surface area contributed by atoms with E-state index in [1.807, 2.05) is 17.0 Å². The van der Waals surface area contributed by atoms with Gasteiger partial charge in [-0.2, -0.15) is 18.4 Å². The van der Waals surface area contributed by atoms with Crippen LogP contribution in [0.1, 0.15) is 49.1 Å². The highest BCUT2D eigenvalue weighted by atomic mass is 19.4. The van der Waals surface area contributed by atoms with Crippen molar-refractivity contribution >= 4 is 23.5 Å². The zero-order chi connectivity index (χ0) is 28.7. The molecule has 0 aliphatic carbocycles. The highest BCUT2D eigenvalue weighted by Gasteiger charge is 2.38. The quantitative estimate of drug-likeness (QED) is 0.315. The molecule has 0 spiro atoms. The van der Waals surface area contributed by atoms with Gasteiger partial charge in [0.25, 0.3) is 0 Å². The average molecular weight is 558 g/mol. The van der Waals surface area contributed by atoms with Gasteiger partial charge in [0.05, 0.1) is 11.6 Å². The van der Waals surface area contributed by atoms with Crippen molar-refractivity contribution in [2.45, 2.75) is 50.7 Å². The first-order chi connectivity index (χ1) is 19.1. The number of benzene rings is 1. The van der Waals surface area contributed by atoms with E-state index >= 15 is 0 Å². The Labute approximate surface area is 231 Å². The molecule has 40 heavy (non-hydrogen) atoms. The van der Waals surface area contributed by atoms with Crippen molar-refractivity contribution in [1.29, 1.82) is 5.26 Å². The fraction of sp³-hybridized carbons (Fsp3) is 0.519. The number of aromatic nitrogens is 2. The largest absolute Gasteiger partial charge is 0.451 e. The van der Waals surface area contributed by atoms with Gasteiger partial charge in [-0.25, -0.2) is 9.97 Å². The van der Waals surface area contributed by atoms with Crippen LogP contribution < -0.4 is 26.6 Å². The predicted octanol–water partition coefficient (Wildman–Crippen LogP) is 2.57.